The lowest BCUT2D eigenvalue weighted by atomic mass is 9.95. The molecule has 4 aromatic carbocycles. The summed E-state index contributed by atoms with van der Waals surface area (Å²) < 4.78 is 64.9. The molecule has 5 N–H and O–H groups in total. The minimum atomic E-state index is -1.41. The van der Waals surface area contributed by atoms with Crippen molar-refractivity contribution in [3.05, 3.63) is 226 Å². The van der Waals surface area contributed by atoms with Gasteiger partial charge in [-0.05, 0) is 151 Å². The number of benzene rings is 4. The quantitative estimate of drug-likeness (QED) is 0.0138. The Bertz CT molecular complexity index is 4580. The van der Waals surface area contributed by atoms with Gasteiger partial charge in [0.2, 0.25) is 20.7 Å². The molecule has 0 amide bonds. The van der Waals surface area contributed by atoms with Crippen molar-refractivity contribution in [2.24, 2.45) is 0 Å². The van der Waals surface area contributed by atoms with Gasteiger partial charge in [0.15, 0.2) is 51.2 Å². The second kappa shape index (κ2) is 49.3. The number of carbonyl (C=O) groups excluding carboxylic acids is 7. The van der Waals surface area contributed by atoms with Crippen molar-refractivity contribution in [3.63, 3.8) is 0 Å². The molecule has 3 fully saturated rings. The average molecular weight is 1740 g/mol. The molecule has 30 nitrogen and oxygen atoms in total. The molecule has 4 aromatic heterocycles. The van der Waals surface area contributed by atoms with E-state index in [9.17, 15) is 54.0 Å². The Labute approximate surface area is 724 Å². The van der Waals surface area contributed by atoms with E-state index in [1.54, 1.807) is 30.2 Å². The zero-order valence-corrected chi connectivity index (χ0v) is 76.8. The van der Waals surface area contributed by atoms with Gasteiger partial charge >= 0.3 is 41.8 Å². The first-order chi connectivity index (χ1) is 58.2. The lowest BCUT2D eigenvalue weighted by molar-refractivity contribution is -0.296. The zero-order chi connectivity index (χ0) is 91.0. The summed E-state index contributed by atoms with van der Waals surface area (Å²) >= 11 is 0. The molecule has 32 heteroatoms. The number of aryl methyl sites for hydroxylation is 4. The maximum atomic E-state index is 11.9. The van der Waals surface area contributed by atoms with Crippen molar-refractivity contribution in [2.75, 3.05) is 6.61 Å². The number of aromatic amines is 1. The number of aromatic nitrogens is 8. The fourth-order valence-corrected chi connectivity index (χ4v) is 15.6. The van der Waals surface area contributed by atoms with E-state index in [-0.39, 0.29) is 0 Å². The Morgan fingerprint density at radius 2 is 0.724 bits per heavy atom. The van der Waals surface area contributed by atoms with E-state index in [0.717, 1.165) is 87.3 Å². The summed E-state index contributed by atoms with van der Waals surface area (Å²) in [5, 5.41) is 59.0. The molecule has 3 saturated heterocycles. The number of hydrogen-bond donors (Lipinski definition) is 5. The molecule has 7 heterocycles. The highest BCUT2D eigenvalue weighted by molar-refractivity contribution is 6.74. The number of carbonyl (C=O) groups is 7. The molecule has 3 aliphatic heterocycles. The third kappa shape index (κ3) is 33.4. The van der Waals surface area contributed by atoms with Gasteiger partial charge in [-0.1, -0.05) is 145 Å². The second-order valence-electron chi connectivity index (χ2n) is 32.2. The van der Waals surface area contributed by atoms with Crippen LogP contribution < -0.4 is 0 Å². The highest BCUT2D eigenvalue weighted by Gasteiger charge is 2.54. The summed E-state index contributed by atoms with van der Waals surface area (Å²) in [7, 11) is -2.66. The van der Waals surface area contributed by atoms with Gasteiger partial charge in [0.05, 0.1) is 37.2 Å². The van der Waals surface area contributed by atoms with Crippen LogP contribution in [0.15, 0.2) is 159 Å². The number of nitrogens with zero attached hydrogens (tertiary/aromatic N) is 7. The van der Waals surface area contributed by atoms with Crippen LogP contribution >= 0.6 is 0 Å². The number of rotatable bonds is 27. The monoisotopic (exact) mass is 1740 g/mol. The number of hydrogen-bond acceptors (Lipinski definition) is 26. The van der Waals surface area contributed by atoms with Crippen LogP contribution in [-0.4, -0.2) is 204 Å². The Morgan fingerprint density at radius 3 is 1.06 bits per heavy atom. The van der Waals surface area contributed by atoms with Crippen LogP contribution in [-0.2, 0) is 137 Å². The van der Waals surface area contributed by atoms with Gasteiger partial charge in [-0.15, -0.1) is 0 Å². The van der Waals surface area contributed by atoms with Crippen LogP contribution in [0.2, 0.25) is 39.3 Å². The molecule has 8 aromatic rings. The van der Waals surface area contributed by atoms with Crippen LogP contribution in [0.1, 0.15) is 189 Å². The fraction of sp³-hybridized carbons (Fsp3) is 0.505. The first-order valence-electron chi connectivity index (χ1n) is 41.7. The lowest BCUT2D eigenvalue weighted by Gasteiger charge is -2.44. The minimum Gasteiger partial charge on any atom is -0.548 e. The Hall–Kier alpha value is -10.3. The number of esters is 7. The van der Waals surface area contributed by atoms with E-state index in [1.165, 1.54) is 76.9 Å². The van der Waals surface area contributed by atoms with Gasteiger partial charge in [0.1, 0.15) is 36.6 Å². The third-order valence-electron chi connectivity index (χ3n) is 19.5. The average Bonchev–Trinajstić information content (AvgIpc) is 1.77. The summed E-state index contributed by atoms with van der Waals surface area (Å²) in [4.78, 5) is 81.1. The zero-order valence-electron chi connectivity index (χ0n) is 74.8. The molecule has 0 saturated carbocycles. The molecular formula is C91H128N8O22Si2. The standard InChI is InChI=1S/C25H32N2O7.C18H24N2O5.C15H22N2Si.C15H22O9.C12H14N2.C6H14OSi/c1-6-18-8-10-19(11-9-18)12-20-13-26-27(14-20)25-24(33-17(5)30)23(32-16(4)29)22(31-15(3)28)21(7-2)34-25;1-2-11-3-5-12(6-4-11)7-13-8-19-20(9-13)18-17(24)16(23)15(22)14(10-21)25-18;1-5-13-6-8-14(9-7-13)10-15-11-16-17(12-15)18(2,3)4;1-6-11-12(20-7(2)16)13(21-8(3)17)14(22-9(4)18)15(24-11)23-10(5)19;1-2-10-3-5-11(6-4-10)7-12-8-13-14-9-12;1-6(2)7-8(3,4)5/h8-11,13-14,21-25H,6-7,12H2,1-5H3;3-6,8-9,14-18,21-24H,2,7,10H2,1H3;6-9,11-12H,5,10H2,1-4H3;11-15H,6H2,1-5H3;3-6,8-9H,2,7H2,1H3,(H,13,14);1H2,2-5H3/t21-,22-,23+,24-,25-;14-,15-,16+,17-,18-;;11-,12-,13+,14-,15-;;/m11.1../s1. The van der Waals surface area contributed by atoms with Gasteiger partial charge in [-0.25, -0.2) is 9.36 Å². The van der Waals surface area contributed by atoms with Gasteiger partial charge in [-0.2, -0.15) is 20.4 Å². The highest BCUT2D eigenvalue weighted by Crippen LogP contribution is 2.37. The lowest BCUT2D eigenvalue weighted by Crippen LogP contribution is -2.61. The molecule has 672 valence electrons. The van der Waals surface area contributed by atoms with E-state index in [1.807, 2.05) is 38.6 Å². The number of ether oxygens (including phenoxy) is 10. The number of H-pyrrole nitrogens is 1. The Balaban J connectivity index is 0.000000238. The maximum Gasteiger partial charge on any atom is 0.305 e. The number of nitrogens with one attached hydrogen (secondary N) is 1. The van der Waals surface area contributed by atoms with Crippen LogP contribution in [0.5, 0.6) is 0 Å². The van der Waals surface area contributed by atoms with E-state index in [0.29, 0.717) is 25.7 Å². The Kier molecular flexibility index (Phi) is 40.7. The molecule has 123 heavy (non-hydrogen) atoms. The van der Waals surface area contributed by atoms with Crippen molar-refractivity contribution in [1.29, 1.82) is 0 Å². The fourth-order valence-electron chi connectivity index (χ4n) is 13.6. The van der Waals surface area contributed by atoms with E-state index < -0.39 is 157 Å². The molecule has 0 bridgehead atoms. The predicted octanol–water partition coefficient (Wildman–Crippen LogP) is 12.3. The summed E-state index contributed by atoms with van der Waals surface area (Å²) in [6.07, 6.45) is 7.29. The first kappa shape index (κ1) is 102. The van der Waals surface area contributed by atoms with Gasteiger partial charge in [0, 0.05) is 98.9 Å². The van der Waals surface area contributed by atoms with E-state index in [2.05, 4.69) is 207 Å². The van der Waals surface area contributed by atoms with Crippen LogP contribution in [0.3, 0.4) is 0 Å². The molecule has 0 radical (unpaired) electrons. The summed E-state index contributed by atoms with van der Waals surface area (Å²) in [5.74, 6) is -3.56. The molecule has 15 atom stereocenters. The van der Waals surface area contributed by atoms with Crippen molar-refractivity contribution in [1.82, 2.24) is 39.2 Å². The number of aliphatic hydroxyl groups excluding tert-OH is 4. The number of allylic oxidation sites excluding steroid dienone is 1. The van der Waals surface area contributed by atoms with Gasteiger partial charge in [-0.3, -0.25) is 38.7 Å². The van der Waals surface area contributed by atoms with Crippen LogP contribution in [0.25, 0.3) is 0 Å². The highest BCUT2D eigenvalue weighted by atomic mass is 28.4. The summed E-state index contributed by atoms with van der Waals surface area (Å²) in [6, 6.07) is 34.4. The maximum absolute atomic E-state index is 11.9. The van der Waals surface area contributed by atoms with Crippen LogP contribution in [0.4, 0.5) is 0 Å². The minimum absolute atomic E-state index is 0.375. The van der Waals surface area contributed by atoms with E-state index in [4.69, 9.17) is 51.8 Å². The van der Waals surface area contributed by atoms with Crippen molar-refractivity contribution in [2.45, 2.75) is 292 Å². The second-order valence-corrected chi connectivity index (χ2v) is 41.5. The largest absolute Gasteiger partial charge is 0.548 e. The van der Waals surface area contributed by atoms with Crippen molar-refractivity contribution < 1.29 is 106 Å². The Morgan fingerprint density at radius 1 is 0.390 bits per heavy atom. The van der Waals surface area contributed by atoms with E-state index >= 15 is 0 Å². The molecule has 0 unspecified atom stereocenters. The van der Waals surface area contributed by atoms with Gasteiger partial charge < -0.3 is 76.6 Å². The van der Waals surface area contributed by atoms with Gasteiger partial charge in [0.25, 0.3) is 0 Å². The molecule has 3 aliphatic rings. The van der Waals surface area contributed by atoms with Crippen molar-refractivity contribution >= 4 is 58.3 Å². The molecular weight excluding hydrogens is 1610 g/mol. The predicted molar refractivity (Wildman–Crippen MR) is 465 cm³/mol. The smallest absolute Gasteiger partial charge is 0.305 e. The normalized spacial score (nSPS) is 22.1. The SMILES string of the molecule is C=C(C)O[Si](C)(C)C.CC[C@H]1O[C@@H](OC(C)=O)[C@H](OC(C)=O)[C@@H](OC(C)=O)[C@@H]1OC(C)=O.CCc1ccc(Cc2cn[nH]c2)cc1.CCc1ccc(Cc2cnn([C@@H]3O[C@H](CC)[C@@H](OC(C)=O)[C@H](OC(C)=O)[C@H]3OC(C)=O)c2)cc1.CCc1ccc(Cc2cnn([C@@H]3O[C@H](CO)[C@@H](O)[C@H](O)[C@H]3O)c2)cc1.CCc1ccc(Cc2cnn([Si](C)(C)C)c2)cc1. The first-order valence-corrected chi connectivity index (χ1v) is 48.6. The molecule has 11 rings (SSSR count). The van der Waals surface area contributed by atoms with Crippen molar-refractivity contribution in [3.8, 4) is 0 Å². The third-order valence-corrected chi connectivity index (χ3v) is 22.1. The number of aliphatic hydroxyl groups is 4. The molecule has 0 spiro atoms. The van der Waals surface area contributed by atoms with Crippen LogP contribution in [0, 0.1) is 0 Å². The molecule has 0 aliphatic carbocycles. The topological polar surface area (TPSA) is 384 Å². The summed E-state index contributed by atoms with van der Waals surface area (Å²) in [6.45, 7) is 39.0. The summed E-state index contributed by atoms with van der Waals surface area (Å²) in [5.41, 5.74) is 14.7.